The summed E-state index contributed by atoms with van der Waals surface area (Å²) in [4.78, 5) is 8.54. The van der Waals surface area contributed by atoms with Gasteiger partial charge in [0.2, 0.25) is 0 Å². The minimum Gasteiger partial charge on any atom is -0.338 e. The van der Waals surface area contributed by atoms with Crippen LogP contribution >= 0.6 is 0 Å². The molecule has 0 saturated carbocycles. The molecule has 17 heavy (non-hydrogen) atoms. The zero-order chi connectivity index (χ0) is 12.3. The number of rotatable bonds is 5. The second-order valence-corrected chi connectivity index (χ2v) is 4.20. The van der Waals surface area contributed by atoms with Gasteiger partial charge in [-0.2, -0.15) is 0 Å². The summed E-state index contributed by atoms with van der Waals surface area (Å²) in [5.74, 6) is 1.08. The van der Waals surface area contributed by atoms with Crippen LogP contribution in [0.1, 0.15) is 24.5 Å². The molecule has 2 heterocycles. The van der Waals surface area contributed by atoms with E-state index in [1.807, 2.05) is 39.0 Å². The molecule has 0 aliphatic heterocycles. The van der Waals surface area contributed by atoms with Crippen LogP contribution < -0.4 is 5.32 Å². The Kier molecular flexibility index (Phi) is 3.58. The molecular weight excluding hydrogens is 214 g/mol. The van der Waals surface area contributed by atoms with Crippen LogP contribution in [0.3, 0.4) is 0 Å². The number of hydrogen-bond acceptors (Lipinski definition) is 3. The highest BCUT2D eigenvalue weighted by molar-refractivity contribution is 5.08. The minimum absolute atomic E-state index is 0.258. The minimum atomic E-state index is 0.258. The van der Waals surface area contributed by atoms with Gasteiger partial charge in [0, 0.05) is 39.1 Å². The smallest absolute Gasteiger partial charge is 0.110 e. The van der Waals surface area contributed by atoms with Crippen molar-refractivity contribution in [1.29, 1.82) is 0 Å². The van der Waals surface area contributed by atoms with Gasteiger partial charge in [0.15, 0.2) is 0 Å². The molecule has 0 fully saturated rings. The Morgan fingerprint density at radius 3 is 2.71 bits per heavy atom. The summed E-state index contributed by atoms with van der Waals surface area (Å²) in [6.07, 6.45) is 8.43. The topological polar surface area (TPSA) is 47.7 Å². The maximum atomic E-state index is 4.37. The van der Waals surface area contributed by atoms with Gasteiger partial charge in [-0.3, -0.25) is 0 Å². The van der Waals surface area contributed by atoms with Crippen molar-refractivity contribution in [2.75, 3.05) is 6.54 Å². The highest BCUT2D eigenvalue weighted by atomic mass is 15.1. The van der Waals surface area contributed by atoms with Crippen LogP contribution in [0.25, 0.3) is 0 Å². The van der Waals surface area contributed by atoms with Gasteiger partial charge in [0.05, 0.1) is 18.1 Å². The van der Waals surface area contributed by atoms with E-state index in [1.54, 1.807) is 0 Å². The summed E-state index contributed by atoms with van der Waals surface area (Å²) < 4.78 is 4.11. The number of aryl methyl sites for hydroxylation is 2. The van der Waals surface area contributed by atoms with E-state index in [9.17, 15) is 0 Å². The van der Waals surface area contributed by atoms with Crippen molar-refractivity contribution >= 4 is 0 Å². The Morgan fingerprint density at radius 1 is 1.35 bits per heavy atom. The van der Waals surface area contributed by atoms with Gasteiger partial charge in [0.25, 0.3) is 0 Å². The largest absolute Gasteiger partial charge is 0.338 e. The number of likely N-dealkylation sites (N-methyl/N-ethyl adjacent to an activating group) is 1. The third-order valence-corrected chi connectivity index (χ3v) is 2.97. The van der Waals surface area contributed by atoms with E-state index in [0.717, 1.165) is 18.8 Å². The second-order valence-electron chi connectivity index (χ2n) is 4.20. The maximum absolute atomic E-state index is 4.37. The van der Waals surface area contributed by atoms with Gasteiger partial charge in [-0.15, -0.1) is 0 Å². The molecule has 2 aromatic rings. The average molecular weight is 233 g/mol. The summed E-state index contributed by atoms with van der Waals surface area (Å²) >= 11 is 0. The summed E-state index contributed by atoms with van der Waals surface area (Å²) in [7, 11) is 4.04. The molecule has 0 spiro atoms. The molecule has 5 nitrogen and oxygen atoms in total. The van der Waals surface area contributed by atoms with Gasteiger partial charge in [0.1, 0.15) is 5.82 Å². The number of aromatic nitrogens is 4. The van der Waals surface area contributed by atoms with Gasteiger partial charge in [-0.1, -0.05) is 6.92 Å². The van der Waals surface area contributed by atoms with Crippen molar-refractivity contribution in [3.8, 4) is 0 Å². The zero-order valence-electron chi connectivity index (χ0n) is 10.6. The van der Waals surface area contributed by atoms with Gasteiger partial charge < -0.3 is 14.5 Å². The normalized spacial score (nSPS) is 12.9. The Morgan fingerprint density at radius 2 is 2.18 bits per heavy atom. The van der Waals surface area contributed by atoms with Crippen LogP contribution in [0.4, 0.5) is 0 Å². The Labute approximate surface area is 102 Å². The van der Waals surface area contributed by atoms with E-state index in [1.165, 1.54) is 5.69 Å². The van der Waals surface area contributed by atoms with Crippen molar-refractivity contribution in [2.45, 2.75) is 19.4 Å². The van der Waals surface area contributed by atoms with Crippen LogP contribution in [-0.4, -0.2) is 25.6 Å². The second kappa shape index (κ2) is 5.14. The molecule has 0 aromatic carbocycles. The van der Waals surface area contributed by atoms with Crippen molar-refractivity contribution < 1.29 is 0 Å². The lowest BCUT2D eigenvalue weighted by Gasteiger charge is -2.18. The molecule has 2 aromatic heterocycles. The van der Waals surface area contributed by atoms with Crippen molar-refractivity contribution in [1.82, 2.24) is 24.4 Å². The van der Waals surface area contributed by atoms with Crippen LogP contribution in [0, 0.1) is 0 Å². The molecule has 0 radical (unpaired) electrons. The fraction of sp³-hybridized carbons (Fsp3) is 0.500. The standard InChI is InChI=1S/C12H19N5/c1-4-14-10(11-8-13-9-17(11)3)7-12-15-5-6-16(12)2/h5-6,8-10,14H,4,7H2,1-3H3. The molecule has 0 saturated heterocycles. The van der Waals surface area contributed by atoms with E-state index in [-0.39, 0.29) is 6.04 Å². The molecule has 0 amide bonds. The van der Waals surface area contributed by atoms with Gasteiger partial charge >= 0.3 is 0 Å². The molecule has 0 aliphatic rings. The van der Waals surface area contributed by atoms with Crippen LogP contribution in [0.2, 0.25) is 0 Å². The number of imidazole rings is 2. The first-order valence-corrected chi connectivity index (χ1v) is 5.88. The molecule has 0 bridgehead atoms. The van der Waals surface area contributed by atoms with Gasteiger partial charge in [-0.25, -0.2) is 9.97 Å². The van der Waals surface area contributed by atoms with Crippen LogP contribution in [0.5, 0.6) is 0 Å². The number of nitrogens with zero attached hydrogens (tertiary/aromatic N) is 4. The Balaban J connectivity index is 2.19. The number of hydrogen-bond donors (Lipinski definition) is 1. The zero-order valence-corrected chi connectivity index (χ0v) is 10.6. The fourth-order valence-electron chi connectivity index (χ4n) is 2.01. The molecular formula is C12H19N5. The first-order chi connectivity index (χ1) is 8.22. The predicted octanol–water partition coefficient (Wildman–Crippen LogP) is 1.05. The summed E-state index contributed by atoms with van der Waals surface area (Å²) in [5, 5.41) is 3.48. The third kappa shape index (κ3) is 2.55. The lowest BCUT2D eigenvalue weighted by molar-refractivity contribution is 0.503. The maximum Gasteiger partial charge on any atom is 0.110 e. The molecule has 2 rings (SSSR count). The highest BCUT2D eigenvalue weighted by Crippen LogP contribution is 2.16. The van der Waals surface area contributed by atoms with E-state index in [4.69, 9.17) is 0 Å². The lowest BCUT2D eigenvalue weighted by atomic mass is 10.1. The van der Waals surface area contributed by atoms with Gasteiger partial charge in [-0.05, 0) is 6.54 Å². The van der Waals surface area contributed by atoms with Crippen LogP contribution in [0.15, 0.2) is 24.9 Å². The summed E-state index contributed by atoms with van der Waals surface area (Å²) in [6, 6.07) is 0.258. The summed E-state index contributed by atoms with van der Waals surface area (Å²) in [5.41, 5.74) is 1.19. The molecule has 92 valence electrons. The van der Waals surface area contributed by atoms with E-state index in [2.05, 4.69) is 31.3 Å². The lowest BCUT2D eigenvalue weighted by Crippen LogP contribution is -2.25. The first kappa shape index (κ1) is 11.9. The molecule has 0 aliphatic carbocycles. The van der Waals surface area contributed by atoms with E-state index >= 15 is 0 Å². The molecule has 1 unspecified atom stereocenters. The van der Waals surface area contributed by atoms with Crippen LogP contribution in [-0.2, 0) is 20.5 Å². The molecule has 1 N–H and O–H groups in total. The number of nitrogens with one attached hydrogen (secondary N) is 1. The van der Waals surface area contributed by atoms with Crippen molar-refractivity contribution in [3.05, 3.63) is 36.4 Å². The third-order valence-electron chi connectivity index (χ3n) is 2.97. The van der Waals surface area contributed by atoms with E-state index in [0.29, 0.717) is 0 Å². The summed E-state index contributed by atoms with van der Waals surface area (Å²) in [6.45, 7) is 3.04. The highest BCUT2D eigenvalue weighted by Gasteiger charge is 2.16. The fourth-order valence-corrected chi connectivity index (χ4v) is 2.01. The quantitative estimate of drug-likeness (QED) is 0.839. The first-order valence-electron chi connectivity index (χ1n) is 5.88. The molecule has 5 heteroatoms. The Hall–Kier alpha value is -1.62. The van der Waals surface area contributed by atoms with E-state index < -0.39 is 0 Å². The Bertz CT molecular complexity index is 471. The predicted molar refractivity (Wildman–Crippen MR) is 66.5 cm³/mol. The molecule has 1 atom stereocenters. The van der Waals surface area contributed by atoms with Crippen molar-refractivity contribution in [3.63, 3.8) is 0 Å². The SMILES string of the molecule is CCNC(Cc1nccn1C)c1cncn1C. The van der Waals surface area contributed by atoms with Crippen molar-refractivity contribution in [2.24, 2.45) is 14.1 Å². The average Bonchev–Trinajstić information content (AvgIpc) is 2.88. The monoisotopic (exact) mass is 233 g/mol.